The van der Waals surface area contributed by atoms with Crippen molar-refractivity contribution < 1.29 is 53.8 Å². The number of sulfone groups is 3. The number of rotatable bonds is 11. The number of hydrogen-bond acceptors (Lipinski definition) is 12. The van der Waals surface area contributed by atoms with Crippen LogP contribution in [0.3, 0.4) is 0 Å². The molecule has 3 saturated heterocycles. The van der Waals surface area contributed by atoms with Gasteiger partial charge in [-0.1, -0.05) is 0 Å². The minimum Gasteiger partial charge on any atom is -0.445 e. The molecule has 3 aliphatic heterocycles. The Labute approximate surface area is 227 Å². The first-order valence-electron chi connectivity index (χ1n) is 12.6. The van der Waals surface area contributed by atoms with Gasteiger partial charge in [0.1, 0.15) is 13.2 Å². The molecule has 15 nitrogen and oxygen atoms in total. The number of ether oxygens (including phenoxy) is 3. The topological polar surface area (TPSA) is 217 Å². The molecule has 3 fully saturated rings. The summed E-state index contributed by atoms with van der Waals surface area (Å²) in [6, 6.07) is 0. The van der Waals surface area contributed by atoms with Gasteiger partial charge in [0.25, 0.3) is 0 Å². The van der Waals surface area contributed by atoms with E-state index < -0.39 is 67.1 Å². The number of alkyl carbamates (subject to hydrolysis) is 3. The smallest absolute Gasteiger partial charge is 0.407 e. The Kier molecular flexibility index (Phi) is 10.7. The Morgan fingerprint density at radius 2 is 0.923 bits per heavy atom. The number of carbonyl (C=O) groups excluding carboxylic acids is 3. The van der Waals surface area contributed by atoms with Crippen LogP contribution in [0.15, 0.2) is 0 Å². The monoisotopic (exact) mass is 617 g/mol. The summed E-state index contributed by atoms with van der Waals surface area (Å²) in [7, 11) is -9.34. The van der Waals surface area contributed by atoms with Gasteiger partial charge in [-0.15, -0.1) is 0 Å². The quantitative estimate of drug-likeness (QED) is 0.234. The van der Waals surface area contributed by atoms with E-state index in [4.69, 9.17) is 14.2 Å². The van der Waals surface area contributed by atoms with Crippen molar-refractivity contribution in [1.82, 2.24) is 16.0 Å². The fourth-order valence-electron chi connectivity index (χ4n) is 4.53. The van der Waals surface area contributed by atoms with Gasteiger partial charge < -0.3 is 30.2 Å². The maximum Gasteiger partial charge on any atom is 0.407 e. The van der Waals surface area contributed by atoms with Gasteiger partial charge in [-0.3, -0.25) is 0 Å². The first-order valence-corrected chi connectivity index (χ1v) is 18.0. The van der Waals surface area contributed by atoms with E-state index in [1.807, 2.05) is 0 Å². The van der Waals surface area contributed by atoms with Crippen molar-refractivity contribution in [1.29, 1.82) is 0 Å². The first-order chi connectivity index (χ1) is 18.2. The lowest BCUT2D eigenvalue weighted by Gasteiger charge is -2.20. The van der Waals surface area contributed by atoms with Crippen molar-refractivity contribution in [2.24, 2.45) is 17.8 Å². The molecule has 224 valence electrons. The third-order valence-electron chi connectivity index (χ3n) is 6.66. The van der Waals surface area contributed by atoms with E-state index in [0.717, 1.165) is 0 Å². The van der Waals surface area contributed by atoms with Crippen molar-refractivity contribution in [3.05, 3.63) is 0 Å². The SMILES string of the molecule is O=C(NCC1CCS(=O)(=O)C1)OCC(COC(=O)NCC1CCS(=O)(=O)C1)OC(=O)NCC1CCS(=O)(=O)C1. The van der Waals surface area contributed by atoms with Gasteiger partial charge in [-0.2, -0.15) is 0 Å². The largest absolute Gasteiger partial charge is 0.445 e. The highest BCUT2D eigenvalue weighted by Crippen LogP contribution is 2.19. The first kappa shape index (κ1) is 31.2. The lowest BCUT2D eigenvalue weighted by Crippen LogP contribution is -2.40. The van der Waals surface area contributed by atoms with Crippen LogP contribution in [0.1, 0.15) is 19.3 Å². The summed E-state index contributed by atoms with van der Waals surface area (Å²) in [4.78, 5) is 36.4. The zero-order chi connectivity index (χ0) is 28.7. The van der Waals surface area contributed by atoms with Crippen LogP contribution in [0.5, 0.6) is 0 Å². The van der Waals surface area contributed by atoms with Gasteiger partial charge in [0.15, 0.2) is 35.6 Å². The molecule has 18 heteroatoms. The summed E-state index contributed by atoms with van der Waals surface area (Å²) in [6.07, 6.45) is -2.65. The predicted octanol–water partition coefficient (Wildman–Crippen LogP) is -1.16. The number of carbonyl (C=O) groups is 3. The van der Waals surface area contributed by atoms with Gasteiger partial charge >= 0.3 is 18.3 Å². The van der Waals surface area contributed by atoms with Crippen LogP contribution in [0, 0.1) is 17.8 Å². The molecule has 3 amide bonds. The maximum absolute atomic E-state index is 12.3. The van der Waals surface area contributed by atoms with E-state index in [0.29, 0.717) is 19.3 Å². The Bertz CT molecular complexity index is 1160. The molecule has 0 saturated carbocycles. The minimum absolute atomic E-state index is 0.0305. The van der Waals surface area contributed by atoms with E-state index in [2.05, 4.69) is 16.0 Å². The summed E-state index contributed by atoms with van der Waals surface area (Å²) in [5.74, 6) is -0.679. The Morgan fingerprint density at radius 3 is 1.23 bits per heavy atom. The maximum atomic E-state index is 12.3. The van der Waals surface area contributed by atoms with Crippen LogP contribution in [-0.4, -0.2) is 117 Å². The van der Waals surface area contributed by atoms with Crippen LogP contribution in [0.25, 0.3) is 0 Å². The molecule has 0 spiro atoms. The van der Waals surface area contributed by atoms with E-state index >= 15 is 0 Å². The van der Waals surface area contributed by atoms with E-state index in [1.165, 1.54) is 0 Å². The average molecular weight is 618 g/mol. The summed E-state index contributed by atoms with van der Waals surface area (Å²) in [5.41, 5.74) is 0. The Hall–Kier alpha value is -2.34. The van der Waals surface area contributed by atoms with Crippen LogP contribution in [0.4, 0.5) is 14.4 Å². The Morgan fingerprint density at radius 1 is 0.590 bits per heavy atom. The standard InChI is InChI=1S/C21H35N3O12S3/c25-19(22-7-15-1-4-37(28,29)12-15)34-10-18(36-21(27)24-9-17-3-6-39(32,33)14-17)11-35-20(26)23-8-16-2-5-38(30,31)13-16/h15-18H,1-14H2,(H,22,25)(H,23,26)(H,24,27). The fraction of sp³-hybridized carbons (Fsp3) is 0.857. The van der Waals surface area contributed by atoms with E-state index in [9.17, 15) is 39.6 Å². The highest BCUT2D eigenvalue weighted by molar-refractivity contribution is 7.92. The fourth-order valence-corrected chi connectivity index (χ4v) is 10.1. The second-order valence-corrected chi connectivity index (χ2v) is 16.9. The molecule has 0 aliphatic carbocycles. The zero-order valence-electron chi connectivity index (χ0n) is 21.3. The molecule has 0 radical (unpaired) electrons. The van der Waals surface area contributed by atoms with Crippen molar-refractivity contribution in [2.45, 2.75) is 25.4 Å². The van der Waals surface area contributed by atoms with Crippen molar-refractivity contribution in [2.75, 3.05) is 67.4 Å². The molecule has 3 rings (SSSR count). The molecule has 39 heavy (non-hydrogen) atoms. The third-order valence-corrected chi connectivity index (χ3v) is 12.2. The Balaban J connectivity index is 1.44. The van der Waals surface area contributed by atoms with Gasteiger partial charge in [-0.05, 0) is 37.0 Å². The lowest BCUT2D eigenvalue weighted by molar-refractivity contribution is 0.00690. The highest BCUT2D eigenvalue weighted by Gasteiger charge is 2.30. The number of hydrogen-bond donors (Lipinski definition) is 3. The highest BCUT2D eigenvalue weighted by atomic mass is 32.2. The average Bonchev–Trinajstić information content (AvgIpc) is 3.51. The van der Waals surface area contributed by atoms with Gasteiger partial charge in [0.05, 0.1) is 34.5 Å². The van der Waals surface area contributed by atoms with Crippen molar-refractivity contribution >= 4 is 47.8 Å². The summed E-state index contributed by atoms with van der Waals surface area (Å²) in [6.45, 7) is -0.751. The van der Waals surface area contributed by atoms with Gasteiger partial charge in [0.2, 0.25) is 0 Å². The summed E-state index contributed by atoms with van der Waals surface area (Å²) < 4.78 is 84.7. The van der Waals surface area contributed by atoms with Crippen LogP contribution in [0.2, 0.25) is 0 Å². The minimum atomic E-state index is -3.13. The van der Waals surface area contributed by atoms with E-state index in [1.54, 1.807) is 0 Å². The molecule has 3 heterocycles. The molecular formula is C21H35N3O12S3. The van der Waals surface area contributed by atoms with Crippen LogP contribution in [-0.2, 0) is 43.7 Å². The van der Waals surface area contributed by atoms with Gasteiger partial charge in [0, 0.05) is 19.6 Å². The lowest BCUT2D eigenvalue weighted by atomic mass is 10.1. The molecule has 0 aromatic rings. The molecule has 0 aromatic heterocycles. The van der Waals surface area contributed by atoms with Crippen LogP contribution >= 0.6 is 0 Å². The number of nitrogens with one attached hydrogen (secondary N) is 3. The second kappa shape index (κ2) is 13.3. The normalized spacial score (nSPS) is 27.2. The zero-order valence-corrected chi connectivity index (χ0v) is 23.8. The summed E-state index contributed by atoms with van der Waals surface area (Å²) in [5, 5.41) is 7.37. The molecule has 3 atom stereocenters. The van der Waals surface area contributed by atoms with Crippen LogP contribution < -0.4 is 16.0 Å². The van der Waals surface area contributed by atoms with E-state index in [-0.39, 0.29) is 71.9 Å². The second-order valence-electron chi connectivity index (χ2n) is 10.2. The molecule has 3 N–H and O–H groups in total. The number of amides is 3. The van der Waals surface area contributed by atoms with Crippen molar-refractivity contribution in [3.63, 3.8) is 0 Å². The van der Waals surface area contributed by atoms with Gasteiger partial charge in [-0.25, -0.2) is 39.6 Å². The molecule has 3 aliphatic rings. The molecule has 0 aromatic carbocycles. The molecule has 0 bridgehead atoms. The predicted molar refractivity (Wildman–Crippen MR) is 137 cm³/mol. The molecule has 3 unspecified atom stereocenters. The molecular weight excluding hydrogens is 582 g/mol. The summed E-state index contributed by atoms with van der Waals surface area (Å²) >= 11 is 0. The van der Waals surface area contributed by atoms with Crippen molar-refractivity contribution in [3.8, 4) is 0 Å². The third kappa shape index (κ3) is 11.4.